The van der Waals surface area contributed by atoms with E-state index in [1.54, 1.807) is 31.2 Å². The highest BCUT2D eigenvalue weighted by Gasteiger charge is 2.30. The smallest absolute Gasteiger partial charge is 0.226 e. The minimum absolute atomic E-state index is 0.0369. The zero-order valence-corrected chi connectivity index (χ0v) is 15.2. The number of hydrogen-bond donors (Lipinski definition) is 1. The molecule has 7 nitrogen and oxygen atoms in total. The van der Waals surface area contributed by atoms with E-state index in [0.29, 0.717) is 18.8 Å². The quantitative estimate of drug-likeness (QED) is 0.753. The third kappa shape index (κ3) is 3.23. The van der Waals surface area contributed by atoms with Gasteiger partial charge in [0.05, 0.1) is 27.0 Å². The molecule has 0 spiro atoms. The molecule has 1 N–H and O–H groups in total. The van der Waals surface area contributed by atoms with Crippen molar-refractivity contribution in [1.82, 2.24) is 14.8 Å². The largest absolute Gasteiger partial charge is 0.496 e. The first-order valence-electron chi connectivity index (χ1n) is 8.67. The summed E-state index contributed by atoms with van der Waals surface area (Å²) in [7, 11) is 3.22. The number of anilines is 1. The van der Waals surface area contributed by atoms with Crippen LogP contribution < -0.4 is 14.8 Å². The van der Waals surface area contributed by atoms with E-state index in [9.17, 15) is 4.79 Å². The van der Waals surface area contributed by atoms with Crippen LogP contribution in [-0.4, -0.2) is 34.9 Å². The number of aromatic nitrogens is 3. The molecule has 0 bridgehead atoms. The highest BCUT2D eigenvalue weighted by Crippen LogP contribution is 2.37. The van der Waals surface area contributed by atoms with E-state index in [0.717, 1.165) is 28.3 Å². The van der Waals surface area contributed by atoms with E-state index in [1.165, 1.54) is 0 Å². The van der Waals surface area contributed by atoms with Gasteiger partial charge in [-0.15, -0.1) is 0 Å². The van der Waals surface area contributed by atoms with Gasteiger partial charge in [-0.05, 0) is 11.6 Å². The first-order valence-corrected chi connectivity index (χ1v) is 8.67. The number of carbonyl (C=O) groups is 1. The summed E-state index contributed by atoms with van der Waals surface area (Å²) < 4.78 is 12.3. The van der Waals surface area contributed by atoms with Crippen molar-refractivity contribution >= 4 is 11.7 Å². The van der Waals surface area contributed by atoms with Crippen LogP contribution in [0.25, 0.3) is 0 Å². The molecule has 1 aromatic carbocycles. The van der Waals surface area contributed by atoms with E-state index in [2.05, 4.69) is 15.4 Å². The summed E-state index contributed by atoms with van der Waals surface area (Å²) in [6.45, 7) is 0.507. The lowest BCUT2D eigenvalue weighted by molar-refractivity contribution is -0.116. The molecule has 1 aliphatic rings. The number of hydrogen-bond acceptors (Lipinski definition) is 5. The van der Waals surface area contributed by atoms with E-state index in [4.69, 9.17) is 9.47 Å². The molecular weight excluding hydrogens is 344 g/mol. The first kappa shape index (κ1) is 17.1. The number of nitrogens with one attached hydrogen (secondary N) is 1. The van der Waals surface area contributed by atoms with Crippen molar-refractivity contribution in [3.8, 4) is 11.6 Å². The number of methoxy groups -OCH3 is 2. The van der Waals surface area contributed by atoms with Crippen molar-refractivity contribution < 1.29 is 14.3 Å². The van der Waals surface area contributed by atoms with Crippen molar-refractivity contribution in [2.24, 2.45) is 0 Å². The number of nitrogens with zero attached hydrogens (tertiary/aromatic N) is 3. The van der Waals surface area contributed by atoms with Crippen LogP contribution in [0.3, 0.4) is 0 Å². The molecule has 1 unspecified atom stereocenters. The number of para-hydroxylation sites is 1. The molecule has 1 atom stereocenters. The number of benzene rings is 1. The standard InChI is InChI=1S/C20H20N4O3/c1-26-17-6-4-3-5-14(17)12-24-20-16(11-22-24)15(9-18(25)23-20)13-7-8-19(27-2)21-10-13/h3-8,10-11,15H,9,12H2,1-2H3,(H,23,25). The lowest BCUT2D eigenvalue weighted by atomic mass is 9.88. The van der Waals surface area contributed by atoms with Gasteiger partial charge in [-0.25, -0.2) is 9.67 Å². The van der Waals surface area contributed by atoms with Gasteiger partial charge in [0.15, 0.2) is 0 Å². The predicted octanol–water partition coefficient (Wildman–Crippen LogP) is 2.82. The van der Waals surface area contributed by atoms with Crippen LogP contribution in [0.15, 0.2) is 48.8 Å². The molecule has 0 aliphatic carbocycles. The zero-order valence-electron chi connectivity index (χ0n) is 15.2. The number of rotatable bonds is 5. The Bertz CT molecular complexity index is 966. The van der Waals surface area contributed by atoms with Crippen molar-refractivity contribution in [1.29, 1.82) is 0 Å². The van der Waals surface area contributed by atoms with Gasteiger partial charge in [0.1, 0.15) is 11.6 Å². The Morgan fingerprint density at radius 2 is 2.00 bits per heavy atom. The number of carbonyl (C=O) groups excluding carboxylic acids is 1. The molecular formula is C20H20N4O3. The number of amides is 1. The van der Waals surface area contributed by atoms with Gasteiger partial charge in [0, 0.05) is 35.7 Å². The molecule has 7 heteroatoms. The number of fused-ring (bicyclic) bond motifs is 1. The fraction of sp³-hybridized carbons (Fsp3) is 0.250. The number of pyridine rings is 1. The van der Waals surface area contributed by atoms with Crippen LogP contribution in [0.4, 0.5) is 5.82 Å². The minimum atomic E-state index is -0.0847. The van der Waals surface area contributed by atoms with Crippen LogP contribution in [-0.2, 0) is 11.3 Å². The molecule has 4 rings (SSSR count). The zero-order chi connectivity index (χ0) is 18.8. The fourth-order valence-corrected chi connectivity index (χ4v) is 3.40. The van der Waals surface area contributed by atoms with Gasteiger partial charge in [0.25, 0.3) is 0 Å². The van der Waals surface area contributed by atoms with Crippen LogP contribution in [0.2, 0.25) is 0 Å². The molecule has 27 heavy (non-hydrogen) atoms. The van der Waals surface area contributed by atoms with Gasteiger partial charge >= 0.3 is 0 Å². The Morgan fingerprint density at radius 3 is 2.74 bits per heavy atom. The second kappa shape index (κ2) is 7.11. The Hall–Kier alpha value is -3.35. The molecule has 3 heterocycles. The molecule has 1 amide bonds. The van der Waals surface area contributed by atoms with E-state index in [-0.39, 0.29) is 11.8 Å². The summed E-state index contributed by atoms with van der Waals surface area (Å²) in [5.41, 5.74) is 2.94. The average molecular weight is 364 g/mol. The maximum absolute atomic E-state index is 12.3. The third-order valence-electron chi connectivity index (χ3n) is 4.77. The fourth-order valence-electron chi connectivity index (χ4n) is 3.40. The predicted molar refractivity (Wildman–Crippen MR) is 100 cm³/mol. The van der Waals surface area contributed by atoms with Crippen LogP contribution in [0, 0.1) is 0 Å². The van der Waals surface area contributed by atoms with Crippen LogP contribution in [0.1, 0.15) is 29.0 Å². The summed E-state index contributed by atoms with van der Waals surface area (Å²) >= 11 is 0. The van der Waals surface area contributed by atoms with Crippen molar-refractivity contribution in [3.05, 3.63) is 65.5 Å². The molecule has 138 valence electrons. The summed E-state index contributed by atoms with van der Waals surface area (Å²) in [6, 6.07) is 11.5. The average Bonchev–Trinajstić information content (AvgIpc) is 3.10. The third-order valence-corrected chi connectivity index (χ3v) is 4.77. The lowest BCUT2D eigenvalue weighted by Gasteiger charge is -2.23. The Labute approximate surface area is 156 Å². The second-order valence-corrected chi connectivity index (χ2v) is 6.36. The van der Waals surface area contributed by atoms with E-state index < -0.39 is 0 Å². The first-order chi connectivity index (χ1) is 13.2. The van der Waals surface area contributed by atoms with E-state index in [1.807, 2.05) is 36.5 Å². The van der Waals surface area contributed by atoms with Crippen molar-refractivity contribution in [2.75, 3.05) is 19.5 Å². The highest BCUT2D eigenvalue weighted by molar-refractivity contribution is 5.94. The second-order valence-electron chi connectivity index (χ2n) is 6.36. The SMILES string of the molecule is COc1ccc(C2CC(=O)Nc3c2cnn3Cc2ccccc2OC)cn1. The van der Waals surface area contributed by atoms with Crippen molar-refractivity contribution in [3.63, 3.8) is 0 Å². The lowest BCUT2D eigenvalue weighted by Crippen LogP contribution is -2.25. The molecule has 0 saturated heterocycles. The topological polar surface area (TPSA) is 78.3 Å². The van der Waals surface area contributed by atoms with Gasteiger partial charge in [-0.3, -0.25) is 4.79 Å². The van der Waals surface area contributed by atoms with Crippen LogP contribution in [0.5, 0.6) is 11.6 Å². The normalized spacial score (nSPS) is 15.8. The summed E-state index contributed by atoms with van der Waals surface area (Å²) in [6.07, 6.45) is 3.93. The Kier molecular flexibility index (Phi) is 4.50. The highest BCUT2D eigenvalue weighted by atomic mass is 16.5. The summed E-state index contributed by atoms with van der Waals surface area (Å²) in [5, 5.41) is 7.48. The van der Waals surface area contributed by atoms with Gasteiger partial charge in [0.2, 0.25) is 11.8 Å². The maximum Gasteiger partial charge on any atom is 0.226 e. The number of ether oxygens (including phenoxy) is 2. The molecule has 0 fully saturated rings. The van der Waals surface area contributed by atoms with Gasteiger partial charge in [-0.1, -0.05) is 24.3 Å². The Morgan fingerprint density at radius 1 is 1.15 bits per heavy atom. The van der Waals surface area contributed by atoms with Crippen LogP contribution >= 0.6 is 0 Å². The Balaban J connectivity index is 1.68. The van der Waals surface area contributed by atoms with Gasteiger partial charge in [-0.2, -0.15) is 5.10 Å². The molecule has 0 saturated carbocycles. The molecule has 0 radical (unpaired) electrons. The minimum Gasteiger partial charge on any atom is -0.496 e. The molecule has 3 aromatic rings. The van der Waals surface area contributed by atoms with Crippen molar-refractivity contribution in [2.45, 2.75) is 18.9 Å². The van der Waals surface area contributed by atoms with E-state index >= 15 is 0 Å². The maximum atomic E-state index is 12.3. The van der Waals surface area contributed by atoms with Gasteiger partial charge < -0.3 is 14.8 Å². The molecule has 2 aromatic heterocycles. The monoisotopic (exact) mass is 364 g/mol. The summed E-state index contributed by atoms with van der Waals surface area (Å²) in [5.74, 6) is 1.94. The summed E-state index contributed by atoms with van der Waals surface area (Å²) in [4.78, 5) is 16.6. The molecule has 1 aliphatic heterocycles.